The number of Topliss-reactive ketones (excluding diaryl/α,β-unsaturated/α-hetero) is 1. The summed E-state index contributed by atoms with van der Waals surface area (Å²) < 4.78 is 0. The van der Waals surface area contributed by atoms with Crippen LogP contribution < -0.4 is 0 Å². The van der Waals surface area contributed by atoms with Crippen LogP contribution in [0.15, 0.2) is 59.9 Å². The van der Waals surface area contributed by atoms with Gasteiger partial charge in [-0.05, 0) is 45.9 Å². The van der Waals surface area contributed by atoms with E-state index in [1.165, 1.54) is 18.2 Å². The maximum Gasteiger partial charge on any atom is 0.229 e. The van der Waals surface area contributed by atoms with E-state index < -0.39 is 17.3 Å². The molecule has 182 valence electrons. The minimum atomic E-state index is -0.428. The Bertz CT molecular complexity index is 1060. The molecule has 1 aromatic heterocycles. The van der Waals surface area contributed by atoms with E-state index in [1.807, 2.05) is 47.6 Å². The van der Waals surface area contributed by atoms with Gasteiger partial charge in [-0.3, -0.25) is 19.2 Å². The van der Waals surface area contributed by atoms with E-state index in [1.54, 1.807) is 24.4 Å². The number of aromatic nitrogens is 3. The molecule has 1 aromatic rings. The van der Waals surface area contributed by atoms with Gasteiger partial charge >= 0.3 is 0 Å². The average Bonchev–Trinajstić information content (AvgIpc) is 2.71. The van der Waals surface area contributed by atoms with Crippen molar-refractivity contribution in [1.82, 2.24) is 15.4 Å². The van der Waals surface area contributed by atoms with Gasteiger partial charge in [0.05, 0.1) is 11.9 Å². The lowest BCUT2D eigenvalue weighted by Crippen LogP contribution is -2.25. The molecule has 0 radical (unpaired) electrons. The van der Waals surface area contributed by atoms with Crippen LogP contribution in [0.1, 0.15) is 68.0 Å². The zero-order valence-electron chi connectivity index (χ0n) is 21.6. The summed E-state index contributed by atoms with van der Waals surface area (Å²) in [6.07, 6.45) is 10.8. The highest BCUT2D eigenvalue weighted by atomic mass is 16.2. The molecule has 0 bridgehead atoms. The number of hydrogen-bond donors (Lipinski definition) is 0. The van der Waals surface area contributed by atoms with Crippen molar-refractivity contribution in [2.24, 2.45) is 10.8 Å². The molecule has 0 atom stereocenters. The van der Waals surface area contributed by atoms with Crippen molar-refractivity contribution in [3.8, 4) is 0 Å². The Hall–Kier alpha value is -3.35. The molecule has 0 fully saturated rings. The van der Waals surface area contributed by atoms with Crippen molar-refractivity contribution in [3.05, 3.63) is 65.6 Å². The van der Waals surface area contributed by atoms with Crippen LogP contribution in [0.4, 0.5) is 0 Å². The molecule has 0 amide bonds. The molecular weight excluding hydrogens is 430 g/mol. The van der Waals surface area contributed by atoms with Crippen LogP contribution in [-0.2, 0) is 24.6 Å². The maximum atomic E-state index is 11.3. The van der Waals surface area contributed by atoms with Crippen molar-refractivity contribution >= 4 is 23.1 Å². The third-order valence-electron chi connectivity index (χ3n) is 4.87. The van der Waals surface area contributed by atoms with E-state index in [-0.39, 0.29) is 22.0 Å². The summed E-state index contributed by atoms with van der Waals surface area (Å²) in [6.45, 7) is 18.1. The highest BCUT2D eigenvalue weighted by Crippen LogP contribution is 2.28. The molecule has 2 aliphatic carbocycles. The van der Waals surface area contributed by atoms with Crippen molar-refractivity contribution in [2.75, 3.05) is 0 Å². The van der Waals surface area contributed by atoms with Gasteiger partial charge in [-0.1, -0.05) is 80.5 Å². The Morgan fingerprint density at radius 1 is 0.676 bits per heavy atom. The zero-order chi connectivity index (χ0) is 26.3. The van der Waals surface area contributed by atoms with Gasteiger partial charge in [0, 0.05) is 11.0 Å². The second kappa shape index (κ2) is 11.2. The molecule has 0 aliphatic heterocycles. The fraction of sp³-hybridized carbons (Fsp3) is 0.444. The topological polar surface area (TPSA) is 107 Å². The molecule has 0 N–H and O–H groups in total. The van der Waals surface area contributed by atoms with Crippen molar-refractivity contribution in [1.29, 1.82) is 0 Å². The van der Waals surface area contributed by atoms with Crippen LogP contribution >= 0.6 is 0 Å². The second-order valence-electron chi connectivity index (χ2n) is 11.1. The van der Waals surface area contributed by atoms with Crippen LogP contribution in [0.25, 0.3) is 0 Å². The smallest absolute Gasteiger partial charge is 0.229 e. The minimum absolute atomic E-state index is 0.0626. The fourth-order valence-electron chi connectivity index (χ4n) is 2.72. The van der Waals surface area contributed by atoms with Crippen LogP contribution in [-0.4, -0.2) is 38.5 Å². The molecule has 34 heavy (non-hydrogen) atoms. The lowest BCUT2D eigenvalue weighted by Gasteiger charge is -2.21. The van der Waals surface area contributed by atoms with E-state index in [0.717, 1.165) is 11.3 Å². The first kappa shape index (κ1) is 28.7. The highest BCUT2D eigenvalue weighted by molar-refractivity contribution is 6.48. The van der Waals surface area contributed by atoms with Gasteiger partial charge in [0.25, 0.3) is 0 Å². The molecule has 3 rings (SSSR count). The zero-order valence-corrected chi connectivity index (χ0v) is 21.6. The maximum absolute atomic E-state index is 11.3. The van der Waals surface area contributed by atoms with Gasteiger partial charge in [0.1, 0.15) is 0 Å². The molecule has 0 spiro atoms. The van der Waals surface area contributed by atoms with Gasteiger partial charge < -0.3 is 0 Å². The first-order chi connectivity index (χ1) is 15.4. The highest BCUT2D eigenvalue weighted by Gasteiger charge is 2.28. The molecule has 0 saturated heterocycles. The first-order valence-electron chi connectivity index (χ1n) is 11.1. The summed E-state index contributed by atoms with van der Waals surface area (Å²) in [5, 5.41) is 11.0. The van der Waals surface area contributed by atoms with E-state index in [9.17, 15) is 19.2 Å². The Balaban J connectivity index is 0.000000256. The lowest BCUT2D eigenvalue weighted by molar-refractivity contribution is -0.132. The molecule has 1 heterocycles. The monoisotopic (exact) mass is 465 g/mol. The quantitative estimate of drug-likeness (QED) is 0.410. The van der Waals surface area contributed by atoms with E-state index in [2.05, 4.69) is 36.2 Å². The summed E-state index contributed by atoms with van der Waals surface area (Å²) in [5.74, 6) is -1.63. The molecule has 0 unspecified atom stereocenters. The Morgan fingerprint density at radius 3 is 1.68 bits per heavy atom. The van der Waals surface area contributed by atoms with E-state index in [0.29, 0.717) is 5.57 Å². The largest absolute Gasteiger partial charge is 0.286 e. The van der Waals surface area contributed by atoms with E-state index >= 15 is 0 Å². The Morgan fingerprint density at radius 2 is 1.29 bits per heavy atom. The Kier molecular flexibility index (Phi) is 9.43. The van der Waals surface area contributed by atoms with Crippen molar-refractivity contribution < 1.29 is 19.2 Å². The molecule has 7 nitrogen and oxygen atoms in total. The third kappa shape index (κ3) is 8.89. The predicted molar refractivity (Wildman–Crippen MR) is 132 cm³/mol. The normalized spacial score (nSPS) is 16.1. The number of ketones is 4. The molecular formula is C27H35N3O4. The predicted octanol–water partition coefficient (Wildman–Crippen LogP) is 4.50. The fourth-order valence-corrected chi connectivity index (χ4v) is 2.72. The SMILES string of the molecule is CC(C)(C)C1=CC(=O)C(=O)C=C1.CC(C)(C)C1=CC=CC(=O)C1=O.CC(C)(C)c1ccnnn1. The second-order valence-corrected chi connectivity index (χ2v) is 11.1. The van der Waals surface area contributed by atoms with Crippen molar-refractivity contribution in [2.45, 2.75) is 67.7 Å². The van der Waals surface area contributed by atoms with Gasteiger partial charge in [0.15, 0.2) is 0 Å². The number of carbonyl (C=O) groups is 4. The third-order valence-corrected chi connectivity index (χ3v) is 4.87. The summed E-state index contributed by atoms with van der Waals surface area (Å²) in [4.78, 5) is 44.0. The molecule has 0 aromatic carbocycles. The number of allylic oxidation sites excluding steroid dienone is 8. The van der Waals surface area contributed by atoms with Gasteiger partial charge in [0.2, 0.25) is 23.1 Å². The Labute approximate surface area is 202 Å². The molecule has 2 aliphatic rings. The summed E-state index contributed by atoms with van der Waals surface area (Å²) in [6, 6.07) is 1.88. The number of rotatable bonds is 0. The molecule has 0 saturated carbocycles. The van der Waals surface area contributed by atoms with Crippen LogP contribution in [0, 0.1) is 10.8 Å². The van der Waals surface area contributed by atoms with Crippen molar-refractivity contribution in [3.63, 3.8) is 0 Å². The van der Waals surface area contributed by atoms with Crippen LogP contribution in [0.5, 0.6) is 0 Å². The van der Waals surface area contributed by atoms with Crippen LogP contribution in [0.3, 0.4) is 0 Å². The first-order valence-corrected chi connectivity index (χ1v) is 11.1. The van der Waals surface area contributed by atoms with Gasteiger partial charge in [-0.25, -0.2) is 0 Å². The van der Waals surface area contributed by atoms with Gasteiger partial charge in [-0.15, -0.1) is 10.2 Å². The van der Waals surface area contributed by atoms with Gasteiger partial charge in [-0.2, -0.15) is 0 Å². The number of hydrogen-bond acceptors (Lipinski definition) is 7. The van der Waals surface area contributed by atoms with Crippen LogP contribution in [0.2, 0.25) is 0 Å². The average molecular weight is 466 g/mol. The van der Waals surface area contributed by atoms with E-state index in [4.69, 9.17) is 0 Å². The minimum Gasteiger partial charge on any atom is -0.286 e. The number of nitrogens with zero attached hydrogens (tertiary/aromatic N) is 3. The summed E-state index contributed by atoms with van der Waals surface area (Å²) in [5.41, 5.74) is 2.25. The summed E-state index contributed by atoms with van der Waals surface area (Å²) in [7, 11) is 0. The number of carbonyl (C=O) groups excluding carboxylic acids is 4. The summed E-state index contributed by atoms with van der Waals surface area (Å²) >= 11 is 0. The molecule has 7 heteroatoms. The standard InChI is InChI=1S/2C10H12O2.C7H11N3/c1-10(2,3)7-4-5-8(11)9(12)6-7;1-10(2,3)7-5-4-6-8(11)9(7)12;1-7(2,3)6-4-5-8-10-9-6/h2*4-6H,1-3H3;4-5H,1-3H3. The lowest BCUT2D eigenvalue weighted by atomic mass is 9.81.